The standard InChI is InChI=1S/C15H16BrN3O/c1-2-9-17-14-8-3-11(10-18-14)15(20)19-13-6-4-12(16)5-7-13/h3-8,10H,2,9H2,1H3,(H,17,18)(H,19,20). The Kier molecular flexibility index (Phi) is 5.12. The smallest absolute Gasteiger partial charge is 0.257 e. The minimum atomic E-state index is -0.165. The lowest BCUT2D eigenvalue weighted by Gasteiger charge is -2.07. The molecule has 0 aliphatic heterocycles. The van der Waals surface area contributed by atoms with Gasteiger partial charge >= 0.3 is 0 Å². The average Bonchev–Trinajstić information content (AvgIpc) is 2.48. The molecule has 1 heterocycles. The van der Waals surface area contributed by atoms with Crippen molar-refractivity contribution in [3.8, 4) is 0 Å². The summed E-state index contributed by atoms with van der Waals surface area (Å²) in [5.74, 6) is 0.619. The Morgan fingerprint density at radius 2 is 1.95 bits per heavy atom. The number of carbonyl (C=O) groups is 1. The monoisotopic (exact) mass is 333 g/mol. The van der Waals surface area contributed by atoms with E-state index in [0.29, 0.717) is 5.56 Å². The average molecular weight is 334 g/mol. The van der Waals surface area contributed by atoms with Crippen molar-refractivity contribution in [2.45, 2.75) is 13.3 Å². The number of pyridine rings is 1. The fraction of sp³-hybridized carbons (Fsp3) is 0.200. The molecule has 1 aromatic carbocycles. The summed E-state index contributed by atoms with van der Waals surface area (Å²) >= 11 is 3.36. The molecule has 0 saturated carbocycles. The molecule has 0 aliphatic rings. The van der Waals surface area contributed by atoms with Crippen LogP contribution < -0.4 is 10.6 Å². The first-order chi connectivity index (χ1) is 9.69. The van der Waals surface area contributed by atoms with Gasteiger partial charge < -0.3 is 10.6 Å². The topological polar surface area (TPSA) is 54.0 Å². The van der Waals surface area contributed by atoms with Crippen LogP contribution in [0.25, 0.3) is 0 Å². The van der Waals surface area contributed by atoms with Gasteiger partial charge in [0.15, 0.2) is 0 Å². The summed E-state index contributed by atoms with van der Waals surface area (Å²) < 4.78 is 0.975. The van der Waals surface area contributed by atoms with Crippen molar-refractivity contribution in [3.05, 3.63) is 52.6 Å². The van der Waals surface area contributed by atoms with Crippen LogP contribution in [0, 0.1) is 0 Å². The van der Waals surface area contributed by atoms with E-state index in [1.807, 2.05) is 30.3 Å². The largest absolute Gasteiger partial charge is 0.370 e. The maximum atomic E-state index is 12.0. The molecule has 0 spiro atoms. The highest BCUT2D eigenvalue weighted by atomic mass is 79.9. The van der Waals surface area contributed by atoms with Crippen molar-refractivity contribution < 1.29 is 4.79 Å². The first-order valence-corrected chi connectivity index (χ1v) is 7.25. The summed E-state index contributed by atoms with van der Waals surface area (Å²) in [5, 5.41) is 6.00. The maximum Gasteiger partial charge on any atom is 0.257 e. The molecule has 0 bridgehead atoms. The van der Waals surface area contributed by atoms with Crippen LogP contribution in [0.5, 0.6) is 0 Å². The van der Waals surface area contributed by atoms with Gasteiger partial charge in [-0.15, -0.1) is 0 Å². The Labute approximate surface area is 126 Å². The van der Waals surface area contributed by atoms with Gasteiger partial charge in [-0.2, -0.15) is 0 Å². The van der Waals surface area contributed by atoms with E-state index in [4.69, 9.17) is 0 Å². The lowest BCUT2D eigenvalue weighted by Crippen LogP contribution is -2.12. The molecular formula is C15H16BrN3O. The molecule has 104 valence electrons. The van der Waals surface area contributed by atoms with Crippen LogP contribution in [-0.2, 0) is 0 Å². The molecule has 4 nitrogen and oxygen atoms in total. The summed E-state index contributed by atoms with van der Waals surface area (Å²) in [7, 11) is 0. The fourth-order valence-electron chi connectivity index (χ4n) is 1.62. The SMILES string of the molecule is CCCNc1ccc(C(=O)Nc2ccc(Br)cc2)cn1. The third kappa shape index (κ3) is 4.06. The summed E-state index contributed by atoms with van der Waals surface area (Å²) in [5.41, 5.74) is 1.29. The lowest BCUT2D eigenvalue weighted by molar-refractivity contribution is 0.102. The van der Waals surface area contributed by atoms with Crippen LogP contribution in [0.1, 0.15) is 23.7 Å². The molecule has 0 radical (unpaired) electrons. The Balaban J connectivity index is 2.00. The van der Waals surface area contributed by atoms with Gasteiger partial charge in [0.25, 0.3) is 5.91 Å². The van der Waals surface area contributed by atoms with Crippen LogP contribution in [0.3, 0.4) is 0 Å². The number of carbonyl (C=O) groups excluding carboxylic acids is 1. The van der Waals surface area contributed by atoms with E-state index in [2.05, 4.69) is 38.5 Å². The minimum Gasteiger partial charge on any atom is -0.370 e. The summed E-state index contributed by atoms with van der Waals surface area (Å²) in [6, 6.07) is 11.0. The molecule has 5 heteroatoms. The summed E-state index contributed by atoms with van der Waals surface area (Å²) in [4.78, 5) is 16.3. The Bertz CT molecular complexity index is 567. The zero-order chi connectivity index (χ0) is 14.4. The van der Waals surface area contributed by atoms with Gasteiger partial charge in [-0.25, -0.2) is 4.98 Å². The number of aromatic nitrogens is 1. The highest BCUT2D eigenvalue weighted by Gasteiger charge is 2.06. The number of nitrogens with one attached hydrogen (secondary N) is 2. The Hall–Kier alpha value is -1.88. The molecule has 0 fully saturated rings. The van der Waals surface area contributed by atoms with Crippen LogP contribution >= 0.6 is 15.9 Å². The molecule has 1 amide bonds. The number of nitrogens with zero attached hydrogens (tertiary/aromatic N) is 1. The van der Waals surface area contributed by atoms with Crippen molar-refractivity contribution in [3.63, 3.8) is 0 Å². The zero-order valence-electron chi connectivity index (χ0n) is 11.2. The van der Waals surface area contributed by atoms with Crippen LogP contribution in [0.2, 0.25) is 0 Å². The van der Waals surface area contributed by atoms with Gasteiger partial charge in [-0.3, -0.25) is 4.79 Å². The van der Waals surface area contributed by atoms with Gasteiger partial charge in [0.1, 0.15) is 5.82 Å². The van der Waals surface area contributed by atoms with E-state index in [1.54, 1.807) is 12.3 Å². The molecule has 0 atom stereocenters. The van der Waals surface area contributed by atoms with Crippen molar-refractivity contribution in [2.24, 2.45) is 0 Å². The molecule has 0 aliphatic carbocycles. The molecule has 2 aromatic rings. The minimum absolute atomic E-state index is 0.165. The number of halogens is 1. The number of hydrogen-bond acceptors (Lipinski definition) is 3. The molecule has 0 saturated heterocycles. The number of hydrogen-bond donors (Lipinski definition) is 2. The van der Waals surface area contributed by atoms with Gasteiger partial charge in [0.05, 0.1) is 5.56 Å². The molecule has 20 heavy (non-hydrogen) atoms. The number of amides is 1. The first-order valence-electron chi connectivity index (χ1n) is 6.46. The maximum absolute atomic E-state index is 12.0. The highest BCUT2D eigenvalue weighted by molar-refractivity contribution is 9.10. The second-order valence-corrected chi connectivity index (χ2v) is 5.24. The van der Waals surface area contributed by atoms with E-state index in [-0.39, 0.29) is 5.91 Å². The van der Waals surface area contributed by atoms with Crippen molar-refractivity contribution >= 4 is 33.3 Å². The fourth-order valence-corrected chi connectivity index (χ4v) is 1.89. The van der Waals surface area contributed by atoms with Gasteiger partial charge in [0, 0.05) is 22.9 Å². The normalized spacial score (nSPS) is 10.1. The van der Waals surface area contributed by atoms with Crippen molar-refractivity contribution in [1.29, 1.82) is 0 Å². The Morgan fingerprint density at radius 3 is 2.55 bits per heavy atom. The molecule has 2 N–H and O–H groups in total. The quantitative estimate of drug-likeness (QED) is 0.871. The van der Waals surface area contributed by atoms with E-state index in [1.165, 1.54) is 0 Å². The molecule has 2 rings (SSSR count). The highest BCUT2D eigenvalue weighted by Crippen LogP contribution is 2.15. The number of benzene rings is 1. The molecular weight excluding hydrogens is 318 g/mol. The van der Waals surface area contributed by atoms with Gasteiger partial charge in [0.2, 0.25) is 0 Å². The van der Waals surface area contributed by atoms with Crippen LogP contribution in [0.4, 0.5) is 11.5 Å². The molecule has 0 unspecified atom stereocenters. The van der Waals surface area contributed by atoms with Crippen LogP contribution in [-0.4, -0.2) is 17.4 Å². The van der Waals surface area contributed by atoms with Crippen molar-refractivity contribution in [2.75, 3.05) is 17.2 Å². The third-order valence-corrected chi connectivity index (χ3v) is 3.21. The van der Waals surface area contributed by atoms with Gasteiger partial charge in [-0.1, -0.05) is 22.9 Å². The number of anilines is 2. The lowest BCUT2D eigenvalue weighted by atomic mass is 10.2. The predicted molar refractivity (Wildman–Crippen MR) is 85.1 cm³/mol. The van der Waals surface area contributed by atoms with E-state index < -0.39 is 0 Å². The summed E-state index contributed by atoms with van der Waals surface area (Å²) in [6.07, 6.45) is 2.61. The van der Waals surface area contributed by atoms with E-state index in [9.17, 15) is 4.79 Å². The predicted octanol–water partition coefficient (Wildman–Crippen LogP) is 3.92. The van der Waals surface area contributed by atoms with E-state index >= 15 is 0 Å². The first kappa shape index (κ1) is 14.5. The summed E-state index contributed by atoms with van der Waals surface area (Å²) in [6.45, 7) is 2.96. The second kappa shape index (κ2) is 7.05. The van der Waals surface area contributed by atoms with Crippen LogP contribution in [0.15, 0.2) is 47.1 Å². The van der Waals surface area contributed by atoms with Gasteiger partial charge in [-0.05, 0) is 42.8 Å². The number of rotatable bonds is 5. The van der Waals surface area contributed by atoms with Crippen molar-refractivity contribution in [1.82, 2.24) is 4.98 Å². The van der Waals surface area contributed by atoms with E-state index in [0.717, 1.165) is 28.9 Å². The second-order valence-electron chi connectivity index (χ2n) is 4.32. The molecule has 1 aromatic heterocycles. The zero-order valence-corrected chi connectivity index (χ0v) is 12.8. The third-order valence-electron chi connectivity index (χ3n) is 2.68. The Morgan fingerprint density at radius 1 is 1.20 bits per heavy atom.